The first kappa shape index (κ1) is 30.9. The third-order valence-corrected chi connectivity index (χ3v) is 7.88. The molecule has 0 amide bonds. The van der Waals surface area contributed by atoms with E-state index < -0.39 is 0 Å². The Morgan fingerprint density at radius 1 is 0.692 bits per heavy atom. The highest BCUT2D eigenvalue weighted by Gasteiger charge is 2.39. The van der Waals surface area contributed by atoms with Crippen LogP contribution in [0.2, 0.25) is 0 Å². The summed E-state index contributed by atoms with van der Waals surface area (Å²) in [7, 11) is 0. The lowest BCUT2D eigenvalue weighted by atomic mass is 9.99. The second-order valence-corrected chi connectivity index (χ2v) is 11.5. The van der Waals surface area contributed by atoms with Crippen molar-refractivity contribution in [1.29, 1.82) is 0 Å². The molecule has 0 N–H and O–H groups in total. The van der Waals surface area contributed by atoms with Gasteiger partial charge in [0.05, 0.1) is 23.3 Å². The van der Waals surface area contributed by atoms with Gasteiger partial charge in [0.2, 0.25) is 0 Å². The fourth-order valence-corrected chi connectivity index (χ4v) is 6.09. The number of ether oxygens (including phenoxy) is 3. The second-order valence-electron chi connectivity index (χ2n) is 11.5. The van der Waals surface area contributed by atoms with Crippen molar-refractivity contribution in [3.8, 4) is 0 Å². The highest BCUT2D eigenvalue weighted by molar-refractivity contribution is 5.93. The Kier molecular flexibility index (Phi) is 11.2. The van der Waals surface area contributed by atoms with Gasteiger partial charge in [0.15, 0.2) is 0 Å². The van der Waals surface area contributed by atoms with Crippen LogP contribution < -0.4 is 0 Å². The molecule has 39 heavy (non-hydrogen) atoms. The molecular weight excluding hydrogens is 488 g/mol. The van der Waals surface area contributed by atoms with Gasteiger partial charge in [-0.25, -0.2) is 9.59 Å². The maximum Gasteiger partial charge on any atom is 0.339 e. The van der Waals surface area contributed by atoms with Crippen molar-refractivity contribution in [2.24, 2.45) is 0 Å². The summed E-state index contributed by atoms with van der Waals surface area (Å²) in [6, 6.07) is 8.10. The minimum Gasteiger partial charge on any atom is -0.456 e. The normalized spacial score (nSPS) is 18.6. The summed E-state index contributed by atoms with van der Waals surface area (Å²) >= 11 is 0. The van der Waals surface area contributed by atoms with E-state index in [1.807, 2.05) is 65.8 Å². The molecule has 1 aliphatic heterocycles. The molecule has 1 aliphatic rings. The van der Waals surface area contributed by atoms with Crippen LogP contribution in [0, 0.1) is 41.5 Å². The molecule has 0 aromatic heterocycles. The third-order valence-electron chi connectivity index (χ3n) is 7.88. The van der Waals surface area contributed by atoms with Gasteiger partial charge < -0.3 is 14.2 Å². The predicted octanol–water partition coefficient (Wildman–Crippen LogP) is 8.22. The molecule has 5 nitrogen and oxygen atoms in total. The molecule has 3 rings (SSSR count). The van der Waals surface area contributed by atoms with Crippen molar-refractivity contribution in [3.05, 3.63) is 68.8 Å². The summed E-state index contributed by atoms with van der Waals surface area (Å²) in [6.45, 7) is 16.2. The molecule has 5 heteroatoms. The molecule has 1 heterocycles. The number of esters is 2. The van der Waals surface area contributed by atoms with Crippen LogP contribution in [0.15, 0.2) is 24.3 Å². The number of carbonyl (C=O) groups is 2. The van der Waals surface area contributed by atoms with E-state index in [1.54, 1.807) is 0 Å². The first-order valence-corrected chi connectivity index (χ1v) is 14.8. The van der Waals surface area contributed by atoms with E-state index in [0.29, 0.717) is 11.1 Å². The molecule has 4 atom stereocenters. The molecule has 1 fully saturated rings. The van der Waals surface area contributed by atoms with E-state index >= 15 is 0 Å². The zero-order chi connectivity index (χ0) is 28.7. The minimum atomic E-state index is -0.327. The van der Waals surface area contributed by atoms with Crippen LogP contribution >= 0.6 is 0 Å². The lowest BCUT2D eigenvalue weighted by Crippen LogP contribution is -2.36. The van der Waals surface area contributed by atoms with Crippen molar-refractivity contribution >= 4 is 11.9 Å². The molecule has 1 saturated heterocycles. The molecule has 0 spiro atoms. The summed E-state index contributed by atoms with van der Waals surface area (Å²) in [4.78, 5) is 26.7. The molecule has 2 aromatic rings. The largest absolute Gasteiger partial charge is 0.456 e. The number of hydrogen-bond acceptors (Lipinski definition) is 5. The first-order chi connectivity index (χ1) is 18.5. The smallest absolute Gasteiger partial charge is 0.339 e. The molecule has 214 valence electrons. The molecule has 0 radical (unpaired) electrons. The summed E-state index contributed by atoms with van der Waals surface area (Å²) in [5.74, 6) is -0.560. The second kappa shape index (κ2) is 14.1. The van der Waals surface area contributed by atoms with Gasteiger partial charge in [-0.1, -0.05) is 62.1 Å². The highest BCUT2D eigenvalue weighted by Crippen LogP contribution is 2.32. The van der Waals surface area contributed by atoms with Crippen LogP contribution in [0.1, 0.15) is 119 Å². The summed E-state index contributed by atoms with van der Waals surface area (Å²) < 4.78 is 18.9. The van der Waals surface area contributed by atoms with Gasteiger partial charge in [-0.3, -0.25) is 0 Å². The maximum absolute atomic E-state index is 13.3. The Balaban J connectivity index is 1.76. The van der Waals surface area contributed by atoms with Gasteiger partial charge in [-0.05, 0) is 102 Å². The molecule has 2 aromatic carbocycles. The van der Waals surface area contributed by atoms with E-state index in [-0.39, 0.29) is 36.4 Å². The Morgan fingerprint density at radius 2 is 1.03 bits per heavy atom. The number of aryl methyl sites for hydroxylation is 6. The van der Waals surface area contributed by atoms with E-state index in [2.05, 4.69) is 13.8 Å². The lowest BCUT2D eigenvalue weighted by molar-refractivity contribution is -0.0892. The lowest BCUT2D eigenvalue weighted by Gasteiger charge is -2.28. The standard InChI is InChI=1S/C34H48O5/c1-9-11-13-27(38-33(35)31-23(5)17-21(3)18-24(31)6)29-15-16-30(37-29)28(14-12-10-2)39-34(36)32-25(7)19-22(4)20-26(32)8/h17-20,27-30H,9-16H2,1-8H3/t27-,28+,29+,30-. The average Bonchev–Trinajstić information content (AvgIpc) is 3.33. The van der Waals surface area contributed by atoms with Crippen LogP contribution in [0.4, 0.5) is 0 Å². The molecule has 0 unspecified atom stereocenters. The van der Waals surface area contributed by atoms with Gasteiger partial charge in [0.25, 0.3) is 0 Å². The van der Waals surface area contributed by atoms with Crippen LogP contribution in [-0.4, -0.2) is 36.4 Å². The Morgan fingerprint density at radius 3 is 1.33 bits per heavy atom. The van der Waals surface area contributed by atoms with Crippen LogP contribution in [-0.2, 0) is 14.2 Å². The van der Waals surface area contributed by atoms with E-state index in [9.17, 15) is 9.59 Å². The summed E-state index contributed by atoms with van der Waals surface area (Å²) in [6.07, 6.45) is 5.93. The van der Waals surface area contributed by atoms with Crippen molar-refractivity contribution in [3.63, 3.8) is 0 Å². The van der Waals surface area contributed by atoms with Crippen molar-refractivity contribution in [2.75, 3.05) is 0 Å². The maximum atomic E-state index is 13.3. The summed E-state index contributed by atoms with van der Waals surface area (Å²) in [5, 5.41) is 0. The average molecular weight is 537 g/mol. The van der Waals surface area contributed by atoms with E-state index in [4.69, 9.17) is 14.2 Å². The predicted molar refractivity (Wildman–Crippen MR) is 157 cm³/mol. The SMILES string of the molecule is CCCC[C@H](OC(=O)c1c(C)cc(C)cc1C)[C@H]1CC[C@@H]([C@@H](CCCC)OC(=O)c2c(C)cc(C)cc2C)O1. The van der Waals surface area contributed by atoms with Crippen molar-refractivity contribution in [1.82, 2.24) is 0 Å². The Labute approximate surface area is 235 Å². The Hall–Kier alpha value is -2.66. The zero-order valence-corrected chi connectivity index (χ0v) is 25.3. The minimum absolute atomic E-state index is 0.206. The van der Waals surface area contributed by atoms with Gasteiger partial charge in [0, 0.05) is 0 Å². The van der Waals surface area contributed by atoms with Gasteiger partial charge >= 0.3 is 11.9 Å². The van der Waals surface area contributed by atoms with E-state index in [1.165, 1.54) is 0 Å². The molecule has 0 aliphatic carbocycles. The highest BCUT2D eigenvalue weighted by atomic mass is 16.6. The van der Waals surface area contributed by atoms with Gasteiger partial charge in [0.1, 0.15) is 12.2 Å². The van der Waals surface area contributed by atoms with Crippen LogP contribution in [0.25, 0.3) is 0 Å². The third kappa shape index (κ3) is 7.94. The van der Waals surface area contributed by atoms with Gasteiger partial charge in [-0.15, -0.1) is 0 Å². The molecule has 0 saturated carbocycles. The number of rotatable bonds is 12. The van der Waals surface area contributed by atoms with Crippen molar-refractivity contribution in [2.45, 2.75) is 131 Å². The monoisotopic (exact) mass is 536 g/mol. The van der Waals surface area contributed by atoms with Crippen LogP contribution in [0.5, 0.6) is 0 Å². The number of carbonyl (C=O) groups excluding carboxylic acids is 2. The van der Waals surface area contributed by atoms with E-state index in [0.717, 1.165) is 84.7 Å². The fraction of sp³-hybridized carbons (Fsp3) is 0.588. The van der Waals surface area contributed by atoms with Gasteiger partial charge in [-0.2, -0.15) is 0 Å². The zero-order valence-electron chi connectivity index (χ0n) is 25.3. The molecule has 0 bridgehead atoms. The Bertz CT molecular complexity index is 1010. The number of hydrogen-bond donors (Lipinski definition) is 0. The molecular formula is C34H48O5. The van der Waals surface area contributed by atoms with Crippen LogP contribution in [0.3, 0.4) is 0 Å². The fourth-order valence-electron chi connectivity index (χ4n) is 6.09. The number of benzene rings is 2. The first-order valence-electron chi connectivity index (χ1n) is 14.8. The quantitative estimate of drug-likeness (QED) is 0.256. The summed E-state index contributed by atoms with van der Waals surface area (Å²) in [5.41, 5.74) is 7.31. The van der Waals surface area contributed by atoms with Crippen molar-refractivity contribution < 1.29 is 23.8 Å². The number of unbranched alkanes of at least 4 members (excludes halogenated alkanes) is 2. The topological polar surface area (TPSA) is 61.8 Å².